The fraction of sp³-hybridized carbons (Fsp3) is 0.154. The van der Waals surface area contributed by atoms with Crippen LogP contribution in [-0.2, 0) is 14.3 Å². The number of benzene rings is 3. The summed E-state index contributed by atoms with van der Waals surface area (Å²) in [5, 5.41) is 12.1. The van der Waals surface area contributed by atoms with Gasteiger partial charge in [0.1, 0.15) is 5.75 Å². The molecular weight excluding hydrogens is 434 g/mol. The summed E-state index contributed by atoms with van der Waals surface area (Å²) in [7, 11) is 2.97. The number of esters is 1. The van der Waals surface area contributed by atoms with Crippen LogP contribution in [0.2, 0.25) is 0 Å². The van der Waals surface area contributed by atoms with E-state index in [0.717, 1.165) is 0 Å². The first-order chi connectivity index (χ1) is 16.4. The van der Waals surface area contributed by atoms with E-state index in [4.69, 9.17) is 9.47 Å². The monoisotopic (exact) mass is 457 g/mol. The molecule has 0 saturated carbocycles. The molecule has 8 heteroatoms. The Balaban J connectivity index is 1.60. The van der Waals surface area contributed by atoms with Gasteiger partial charge in [-0.1, -0.05) is 42.5 Å². The van der Waals surface area contributed by atoms with Crippen LogP contribution in [0.3, 0.4) is 0 Å². The molecule has 0 heterocycles. The van der Waals surface area contributed by atoms with Gasteiger partial charge in [-0.15, -0.1) is 0 Å². The highest BCUT2D eigenvalue weighted by molar-refractivity contribution is 5.99. The molecule has 0 fully saturated rings. The van der Waals surface area contributed by atoms with E-state index in [1.165, 1.54) is 19.1 Å². The number of nitrogens with zero attached hydrogens (tertiary/aromatic N) is 2. The van der Waals surface area contributed by atoms with Crippen LogP contribution < -0.4 is 10.1 Å². The van der Waals surface area contributed by atoms with Crippen LogP contribution in [0.25, 0.3) is 11.1 Å². The summed E-state index contributed by atoms with van der Waals surface area (Å²) >= 11 is 0. The Hall–Kier alpha value is -4.64. The highest BCUT2D eigenvalue weighted by Crippen LogP contribution is 2.27. The van der Waals surface area contributed by atoms with Gasteiger partial charge in [0, 0.05) is 24.4 Å². The number of carbonyl (C=O) groups excluding carboxylic acids is 3. The topological polar surface area (TPSA) is 109 Å². The Labute approximate surface area is 197 Å². The Morgan fingerprint density at radius 2 is 1.68 bits per heavy atom. The zero-order valence-corrected chi connectivity index (χ0v) is 18.8. The molecule has 0 saturated heterocycles. The van der Waals surface area contributed by atoms with Crippen molar-refractivity contribution in [2.24, 2.45) is 0 Å². The van der Waals surface area contributed by atoms with Gasteiger partial charge in [0.2, 0.25) is 5.91 Å². The average molecular weight is 457 g/mol. The Bertz CT molecular complexity index is 1250. The Morgan fingerprint density at radius 1 is 0.971 bits per heavy atom. The number of anilines is 1. The predicted molar refractivity (Wildman–Crippen MR) is 126 cm³/mol. The molecule has 0 aliphatic carbocycles. The third-order valence-corrected chi connectivity index (χ3v) is 4.97. The van der Waals surface area contributed by atoms with Crippen molar-refractivity contribution in [1.82, 2.24) is 4.90 Å². The second kappa shape index (κ2) is 11.3. The number of likely N-dealkylation sites (N-methyl/N-ethyl adjacent to an activating group) is 1. The van der Waals surface area contributed by atoms with Gasteiger partial charge in [0.25, 0.3) is 5.91 Å². The maximum atomic E-state index is 12.7. The van der Waals surface area contributed by atoms with Crippen LogP contribution in [-0.4, -0.2) is 50.0 Å². The normalized spacial score (nSPS) is 10.0. The molecule has 1 N–H and O–H groups in total. The van der Waals surface area contributed by atoms with Crippen molar-refractivity contribution >= 4 is 23.5 Å². The van der Waals surface area contributed by atoms with Gasteiger partial charge in [-0.2, -0.15) is 5.26 Å². The standard InChI is InChI=1S/C26H23N3O5/c1-29(16-24(30)28-19-9-7-10-20(14-19)33-2)25(31)17-34-26(32)23-13-6-5-12-22(23)21-11-4-3-8-18(21)15-27/h3-14H,16-17H2,1-2H3,(H,28,30). The van der Waals surface area contributed by atoms with E-state index < -0.39 is 24.4 Å². The molecule has 0 aliphatic rings. The van der Waals surface area contributed by atoms with Crippen LogP contribution in [0.15, 0.2) is 72.8 Å². The number of hydrogen-bond donors (Lipinski definition) is 1. The van der Waals surface area contributed by atoms with Gasteiger partial charge in [0.05, 0.1) is 30.9 Å². The van der Waals surface area contributed by atoms with E-state index in [1.807, 2.05) is 0 Å². The number of nitrogens with one attached hydrogen (secondary N) is 1. The minimum Gasteiger partial charge on any atom is -0.497 e. The Kier molecular flexibility index (Phi) is 7.97. The van der Waals surface area contributed by atoms with Crippen molar-refractivity contribution in [3.05, 3.63) is 83.9 Å². The summed E-state index contributed by atoms with van der Waals surface area (Å²) < 4.78 is 10.3. The maximum absolute atomic E-state index is 12.7. The number of nitriles is 1. The molecule has 3 rings (SSSR count). The summed E-state index contributed by atoms with van der Waals surface area (Å²) in [5.41, 5.74) is 2.31. The van der Waals surface area contributed by atoms with Gasteiger partial charge in [0.15, 0.2) is 6.61 Å². The lowest BCUT2D eigenvalue weighted by Crippen LogP contribution is -2.37. The van der Waals surface area contributed by atoms with E-state index in [-0.39, 0.29) is 12.1 Å². The highest BCUT2D eigenvalue weighted by atomic mass is 16.5. The average Bonchev–Trinajstić information content (AvgIpc) is 2.86. The fourth-order valence-corrected chi connectivity index (χ4v) is 3.23. The third kappa shape index (κ3) is 5.99. The molecule has 3 aromatic rings. The third-order valence-electron chi connectivity index (χ3n) is 4.97. The summed E-state index contributed by atoms with van der Waals surface area (Å²) in [6.07, 6.45) is 0. The minimum atomic E-state index is -0.703. The molecule has 0 unspecified atom stereocenters. The van der Waals surface area contributed by atoms with Gasteiger partial charge in [-0.25, -0.2) is 4.79 Å². The second-order valence-electron chi connectivity index (χ2n) is 7.31. The van der Waals surface area contributed by atoms with Crippen LogP contribution in [0.4, 0.5) is 5.69 Å². The molecule has 8 nitrogen and oxygen atoms in total. The van der Waals surface area contributed by atoms with Crippen molar-refractivity contribution in [1.29, 1.82) is 5.26 Å². The lowest BCUT2D eigenvalue weighted by atomic mass is 9.96. The molecule has 34 heavy (non-hydrogen) atoms. The van der Waals surface area contributed by atoms with Crippen molar-refractivity contribution in [2.45, 2.75) is 0 Å². The summed E-state index contributed by atoms with van der Waals surface area (Å²) in [4.78, 5) is 38.6. The van der Waals surface area contributed by atoms with Gasteiger partial charge in [-0.05, 0) is 29.8 Å². The molecule has 0 aromatic heterocycles. The highest BCUT2D eigenvalue weighted by Gasteiger charge is 2.19. The number of ether oxygens (including phenoxy) is 2. The largest absolute Gasteiger partial charge is 0.497 e. The van der Waals surface area contributed by atoms with Gasteiger partial charge in [-0.3, -0.25) is 9.59 Å². The molecule has 172 valence electrons. The van der Waals surface area contributed by atoms with Crippen molar-refractivity contribution in [3.63, 3.8) is 0 Å². The summed E-state index contributed by atoms with van der Waals surface area (Å²) in [6.45, 7) is -0.754. The van der Waals surface area contributed by atoms with Crippen molar-refractivity contribution in [2.75, 3.05) is 32.6 Å². The van der Waals surface area contributed by atoms with Crippen LogP contribution in [0.5, 0.6) is 5.75 Å². The van der Waals surface area contributed by atoms with E-state index >= 15 is 0 Å². The fourth-order valence-electron chi connectivity index (χ4n) is 3.23. The SMILES string of the molecule is COc1cccc(NC(=O)CN(C)C(=O)COC(=O)c2ccccc2-c2ccccc2C#N)c1. The minimum absolute atomic E-state index is 0.222. The van der Waals surface area contributed by atoms with Crippen molar-refractivity contribution < 1.29 is 23.9 Å². The maximum Gasteiger partial charge on any atom is 0.339 e. The number of carbonyl (C=O) groups is 3. The second-order valence-corrected chi connectivity index (χ2v) is 7.31. The van der Waals surface area contributed by atoms with E-state index in [0.29, 0.717) is 28.1 Å². The molecule has 2 amide bonds. The van der Waals surface area contributed by atoms with E-state index in [1.54, 1.807) is 72.8 Å². The smallest absolute Gasteiger partial charge is 0.339 e. The molecular formula is C26H23N3O5. The first-order valence-corrected chi connectivity index (χ1v) is 10.4. The molecule has 0 spiro atoms. The van der Waals surface area contributed by atoms with Gasteiger partial charge < -0.3 is 19.7 Å². The predicted octanol–water partition coefficient (Wildman–Crippen LogP) is 3.49. The molecule has 0 bridgehead atoms. The number of rotatable bonds is 8. The molecule has 0 radical (unpaired) electrons. The van der Waals surface area contributed by atoms with Crippen LogP contribution >= 0.6 is 0 Å². The number of hydrogen-bond acceptors (Lipinski definition) is 6. The molecule has 3 aromatic carbocycles. The lowest BCUT2D eigenvalue weighted by molar-refractivity contribution is -0.136. The van der Waals surface area contributed by atoms with Gasteiger partial charge >= 0.3 is 5.97 Å². The first-order valence-electron chi connectivity index (χ1n) is 10.4. The summed E-state index contributed by atoms with van der Waals surface area (Å²) in [5.74, 6) is -1.06. The zero-order valence-electron chi connectivity index (χ0n) is 18.8. The van der Waals surface area contributed by atoms with E-state index in [9.17, 15) is 19.6 Å². The zero-order chi connectivity index (χ0) is 24.5. The quantitative estimate of drug-likeness (QED) is 0.519. The number of amides is 2. The molecule has 0 atom stereocenters. The molecule has 0 aliphatic heterocycles. The van der Waals surface area contributed by atoms with Crippen LogP contribution in [0, 0.1) is 11.3 Å². The van der Waals surface area contributed by atoms with Crippen molar-refractivity contribution in [3.8, 4) is 22.9 Å². The van der Waals surface area contributed by atoms with Crippen LogP contribution in [0.1, 0.15) is 15.9 Å². The first kappa shape index (κ1) is 24.0. The lowest BCUT2D eigenvalue weighted by Gasteiger charge is -2.17. The number of methoxy groups -OCH3 is 1. The summed E-state index contributed by atoms with van der Waals surface area (Å²) in [6, 6.07) is 22.6. The van der Waals surface area contributed by atoms with E-state index in [2.05, 4.69) is 11.4 Å². The Morgan fingerprint density at radius 3 is 2.41 bits per heavy atom.